The minimum absolute atomic E-state index is 0.243. The summed E-state index contributed by atoms with van der Waals surface area (Å²) in [5, 5.41) is 9.40. The standard InChI is InChI=1S/C31H35NO4/c1-21(2)25-11-9-23(10-12-25)18-31(4)16-15-26-17-27(13-14-28(26)36-31)30(35)32(20-29(33)34)19-24-7-5-22(3)6-8-24/h5-14,17,21H,15-16,18-20H2,1-4H3,(H,33,34). The van der Waals surface area contributed by atoms with Crippen LogP contribution in [0, 0.1) is 6.92 Å². The number of benzene rings is 3. The van der Waals surface area contributed by atoms with E-state index in [-0.39, 0.29) is 24.6 Å². The lowest BCUT2D eigenvalue weighted by atomic mass is 9.86. The van der Waals surface area contributed by atoms with E-state index in [0.717, 1.165) is 41.7 Å². The summed E-state index contributed by atoms with van der Waals surface area (Å²) in [4.78, 5) is 26.2. The number of carbonyl (C=O) groups excluding carboxylic acids is 1. The molecule has 0 saturated carbocycles. The van der Waals surface area contributed by atoms with E-state index in [0.29, 0.717) is 11.5 Å². The molecule has 0 bridgehead atoms. The third-order valence-corrected chi connectivity index (χ3v) is 6.92. The molecule has 36 heavy (non-hydrogen) atoms. The van der Waals surface area contributed by atoms with Crippen molar-refractivity contribution >= 4 is 11.9 Å². The summed E-state index contributed by atoms with van der Waals surface area (Å²) >= 11 is 0. The van der Waals surface area contributed by atoms with E-state index in [2.05, 4.69) is 45.0 Å². The lowest BCUT2D eigenvalue weighted by molar-refractivity contribution is -0.137. The minimum Gasteiger partial charge on any atom is -0.487 e. The first-order valence-electron chi connectivity index (χ1n) is 12.6. The molecule has 1 unspecified atom stereocenters. The molecule has 1 heterocycles. The Labute approximate surface area is 213 Å². The van der Waals surface area contributed by atoms with Crippen molar-refractivity contribution < 1.29 is 19.4 Å². The minimum atomic E-state index is -1.03. The van der Waals surface area contributed by atoms with Gasteiger partial charge in [-0.25, -0.2) is 0 Å². The number of aliphatic carboxylic acids is 1. The predicted molar refractivity (Wildman–Crippen MR) is 142 cm³/mol. The number of hydrogen-bond donors (Lipinski definition) is 1. The smallest absolute Gasteiger partial charge is 0.323 e. The Morgan fingerprint density at radius 1 is 1.00 bits per heavy atom. The van der Waals surface area contributed by atoms with E-state index in [4.69, 9.17) is 4.74 Å². The highest BCUT2D eigenvalue weighted by molar-refractivity contribution is 5.96. The maximum atomic E-state index is 13.3. The lowest BCUT2D eigenvalue weighted by Gasteiger charge is -2.36. The zero-order valence-corrected chi connectivity index (χ0v) is 21.6. The second-order valence-electron chi connectivity index (χ2n) is 10.5. The summed E-state index contributed by atoms with van der Waals surface area (Å²) in [6.07, 6.45) is 2.45. The van der Waals surface area contributed by atoms with Gasteiger partial charge >= 0.3 is 5.97 Å². The van der Waals surface area contributed by atoms with Crippen molar-refractivity contribution in [3.8, 4) is 5.75 Å². The van der Waals surface area contributed by atoms with E-state index in [1.54, 1.807) is 6.07 Å². The molecule has 1 amide bonds. The van der Waals surface area contributed by atoms with Gasteiger partial charge in [0.1, 0.15) is 17.9 Å². The first kappa shape index (κ1) is 25.5. The van der Waals surface area contributed by atoms with Crippen LogP contribution in [0.5, 0.6) is 5.75 Å². The number of carbonyl (C=O) groups is 2. The molecule has 1 aliphatic rings. The number of carboxylic acids is 1. The number of carboxylic acid groups (broad SMARTS) is 1. The molecule has 1 N–H and O–H groups in total. The summed E-state index contributed by atoms with van der Waals surface area (Å²) < 4.78 is 6.45. The molecule has 1 atom stereocenters. The molecule has 0 saturated heterocycles. The number of nitrogens with zero attached hydrogens (tertiary/aromatic N) is 1. The quantitative estimate of drug-likeness (QED) is 0.414. The Kier molecular flexibility index (Phi) is 7.48. The van der Waals surface area contributed by atoms with Gasteiger partial charge in [0.2, 0.25) is 0 Å². The normalized spacial score (nSPS) is 16.8. The molecular formula is C31H35NO4. The van der Waals surface area contributed by atoms with Gasteiger partial charge in [0.25, 0.3) is 5.91 Å². The average Bonchev–Trinajstić information content (AvgIpc) is 2.84. The molecule has 5 heteroatoms. The Morgan fingerprint density at radius 3 is 2.31 bits per heavy atom. The van der Waals surface area contributed by atoms with Crippen molar-refractivity contribution in [1.29, 1.82) is 0 Å². The van der Waals surface area contributed by atoms with Gasteiger partial charge in [-0.3, -0.25) is 9.59 Å². The van der Waals surface area contributed by atoms with Crippen molar-refractivity contribution in [1.82, 2.24) is 4.90 Å². The van der Waals surface area contributed by atoms with Crippen LogP contribution in [0.2, 0.25) is 0 Å². The highest BCUT2D eigenvalue weighted by Crippen LogP contribution is 2.36. The maximum absolute atomic E-state index is 13.3. The van der Waals surface area contributed by atoms with E-state index in [9.17, 15) is 14.7 Å². The van der Waals surface area contributed by atoms with Crippen LogP contribution in [0.25, 0.3) is 0 Å². The highest BCUT2D eigenvalue weighted by atomic mass is 16.5. The second kappa shape index (κ2) is 10.6. The number of hydrogen-bond acceptors (Lipinski definition) is 3. The van der Waals surface area contributed by atoms with Crippen LogP contribution in [0.1, 0.15) is 71.3 Å². The van der Waals surface area contributed by atoms with Crippen molar-refractivity contribution in [3.63, 3.8) is 0 Å². The van der Waals surface area contributed by atoms with Gasteiger partial charge < -0.3 is 14.7 Å². The number of rotatable bonds is 8. The Morgan fingerprint density at radius 2 is 1.67 bits per heavy atom. The molecular weight excluding hydrogens is 450 g/mol. The Balaban J connectivity index is 1.48. The van der Waals surface area contributed by atoms with E-state index < -0.39 is 5.97 Å². The van der Waals surface area contributed by atoms with Crippen molar-refractivity contribution in [2.45, 2.75) is 65.0 Å². The fourth-order valence-electron chi connectivity index (χ4n) is 4.76. The van der Waals surface area contributed by atoms with E-state index >= 15 is 0 Å². The van der Waals surface area contributed by atoms with Crippen LogP contribution in [0.15, 0.2) is 66.7 Å². The lowest BCUT2D eigenvalue weighted by Crippen LogP contribution is -2.39. The van der Waals surface area contributed by atoms with Crippen molar-refractivity contribution in [3.05, 3.63) is 100 Å². The van der Waals surface area contributed by atoms with Crippen LogP contribution < -0.4 is 4.74 Å². The number of aryl methyl sites for hydroxylation is 2. The summed E-state index contributed by atoms with van der Waals surface area (Å²) in [6, 6.07) is 22.0. The molecule has 3 aromatic rings. The largest absolute Gasteiger partial charge is 0.487 e. The first-order chi connectivity index (χ1) is 17.1. The van der Waals surface area contributed by atoms with Gasteiger partial charge in [-0.15, -0.1) is 0 Å². The second-order valence-corrected chi connectivity index (χ2v) is 10.5. The van der Waals surface area contributed by atoms with Crippen LogP contribution in [-0.2, 0) is 24.2 Å². The van der Waals surface area contributed by atoms with Crippen LogP contribution in [-0.4, -0.2) is 34.0 Å². The van der Waals surface area contributed by atoms with Crippen LogP contribution >= 0.6 is 0 Å². The van der Waals surface area contributed by atoms with Gasteiger partial charge in [-0.1, -0.05) is 67.9 Å². The van der Waals surface area contributed by atoms with Gasteiger partial charge in [0, 0.05) is 18.5 Å². The third-order valence-electron chi connectivity index (χ3n) is 6.92. The van der Waals surface area contributed by atoms with Crippen molar-refractivity contribution in [2.24, 2.45) is 0 Å². The number of ether oxygens (including phenoxy) is 1. The van der Waals surface area contributed by atoms with Crippen LogP contribution in [0.3, 0.4) is 0 Å². The number of amides is 1. The Bertz CT molecular complexity index is 1230. The predicted octanol–water partition coefficient (Wildman–Crippen LogP) is 6.17. The average molecular weight is 486 g/mol. The third kappa shape index (κ3) is 6.14. The zero-order valence-electron chi connectivity index (χ0n) is 21.6. The monoisotopic (exact) mass is 485 g/mol. The van der Waals surface area contributed by atoms with E-state index in [1.165, 1.54) is 16.0 Å². The van der Waals surface area contributed by atoms with E-state index in [1.807, 2.05) is 43.3 Å². The Hall–Kier alpha value is -3.60. The molecule has 3 aromatic carbocycles. The summed E-state index contributed by atoms with van der Waals surface area (Å²) in [5.41, 5.74) is 5.74. The fourth-order valence-corrected chi connectivity index (χ4v) is 4.76. The highest BCUT2D eigenvalue weighted by Gasteiger charge is 2.32. The molecule has 0 radical (unpaired) electrons. The summed E-state index contributed by atoms with van der Waals surface area (Å²) in [5.74, 6) is -0.0246. The molecule has 0 spiro atoms. The van der Waals surface area contributed by atoms with Crippen LogP contribution in [0.4, 0.5) is 0 Å². The van der Waals surface area contributed by atoms with Gasteiger partial charge in [-0.05, 0) is 73.1 Å². The molecule has 188 valence electrons. The maximum Gasteiger partial charge on any atom is 0.323 e. The topological polar surface area (TPSA) is 66.8 Å². The fraction of sp³-hybridized carbons (Fsp3) is 0.355. The SMILES string of the molecule is Cc1ccc(CN(CC(=O)O)C(=O)c2ccc3c(c2)CCC(C)(Cc2ccc(C(C)C)cc2)O3)cc1. The number of fused-ring (bicyclic) bond motifs is 1. The molecule has 0 aromatic heterocycles. The summed E-state index contributed by atoms with van der Waals surface area (Å²) in [6.45, 7) is 8.41. The molecule has 0 aliphatic carbocycles. The van der Waals surface area contributed by atoms with Gasteiger partial charge in [0.05, 0.1) is 0 Å². The molecule has 5 nitrogen and oxygen atoms in total. The summed E-state index contributed by atoms with van der Waals surface area (Å²) in [7, 11) is 0. The van der Waals surface area contributed by atoms with Crippen molar-refractivity contribution in [2.75, 3.05) is 6.54 Å². The zero-order chi connectivity index (χ0) is 25.9. The van der Waals surface area contributed by atoms with Gasteiger partial charge in [-0.2, -0.15) is 0 Å². The van der Waals surface area contributed by atoms with Gasteiger partial charge in [0.15, 0.2) is 0 Å². The molecule has 4 rings (SSSR count). The molecule has 1 aliphatic heterocycles. The molecule has 0 fully saturated rings. The first-order valence-corrected chi connectivity index (χ1v) is 12.6.